The second-order valence-corrected chi connectivity index (χ2v) is 6.97. The topological polar surface area (TPSA) is 104 Å². The highest BCUT2D eigenvalue weighted by Gasteiger charge is 2.22. The Morgan fingerprint density at radius 3 is 2.86 bits per heavy atom. The first-order valence-corrected chi connectivity index (χ1v) is 9.41. The van der Waals surface area contributed by atoms with Crippen molar-refractivity contribution in [2.75, 3.05) is 26.2 Å². The lowest BCUT2D eigenvalue weighted by atomic mass is 10.1. The SMILES string of the molecule is Cc1cccc(-c2noc(CCC(=O)N3CCN(Cc4ncn[nH]4)CC3)n2)c1. The van der Waals surface area contributed by atoms with Gasteiger partial charge in [-0.1, -0.05) is 28.9 Å². The zero-order valence-electron chi connectivity index (χ0n) is 15.8. The van der Waals surface area contributed by atoms with Crippen molar-refractivity contribution in [1.29, 1.82) is 0 Å². The fourth-order valence-electron chi connectivity index (χ4n) is 3.30. The van der Waals surface area contributed by atoms with Crippen LogP contribution < -0.4 is 0 Å². The third-order valence-corrected chi connectivity index (χ3v) is 4.86. The van der Waals surface area contributed by atoms with Crippen molar-refractivity contribution in [1.82, 2.24) is 35.1 Å². The normalized spacial score (nSPS) is 15.1. The zero-order chi connectivity index (χ0) is 19.3. The summed E-state index contributed by atoms with van der Waals surface area (Å²) in [5, 5.41) is 10.8. The van der Waals surface area contributed by atoms with Crippen LogP contribution in [0.3, 0.4) is 0 Å². The average Bonchev–Trinajstić information content (AvgIpc) is 3.39. The predicted octanol–water partition coefficient (Wildman–Crippen LogP) is 1.44. The largest absolute Gasteiger partial charge is 0.340 e. The number of carbonyl (C=O) groups excluding carboxylic acids is 1. The summed E-state index contributed by atoms with van der Waals surface area (Å²) in [5.74, 6) is 2.02. The molecule has 0 saturated carbocycles. The molecule has 0 aliphatic carbocycles. The molecule has 2 aromatic heterocycles. The van der Waals surface area contributed by atoms with Crippen LogP contribution in [0.1, 0.15) is 23.7 Å². The molecule has 1 amide bonds. The van der Waals surface area contributed by atoms with Crippen LogP contribution in [0.5, 0.6) is 0 Å². The van der Waals surface area contributed by atoms with Crippen LogP contribution >= 0.6 is 0 Å². The minimum Gasteiger partial charge on any atom is -0.340 e. The molecule has 1 aliphatic heterocycles. The number of nitrogens with one attached hydrogen (secondary N) is 1. The van der Waals surface area contributed by atoms with Crippen molar-refractivity contribution in [3.8, 4) is 11.4 Å². The molecule has 1 aromatic carbocycles. The first-order chi connectivity index (χ1) is 13.7. The number of H-pyrrole nitrogens is 1. The number of aryl methyl sites for hydroxylation is 2. The van der Waals surface area contributed by atoms with E-state index in [0.29, 0.717) is 37.6 Å². The summed E-state index contributed by atoms with van der Waals surface area (Å²) in [7, 11) is 0. The van der Waals surface area contributed by atoms with Gasteiger partial charge in [0.1, 0.15) is 12.2 Å². The number of rotatable bonds is 6. The van der Waals surface area contributed by atoms with Crippen molar-refractivity contribution in [2.24, 2.45) is 0 Å². The van der Waals surface area contributed by atoms with Gasteiger partial charge in [0, 0.05) is 44.6 Å². The standard InChI is InChI=1S/C19H23N7O2/c1-14-3-2-4-15(11-14)19-22-17(28-24-19)5-6-18(27)26-9-7-25(8-10-26)12-16-20-13-21-23-16/h2-4,11,13H,5-10,12H2,1H3,(H,20,21,23). The van der Waals surface area contributed by atoms with E-state index >= 15 is 0 Å². The van der Waals surface area contributed by atoms with Crippen molar-refractivity contribution >= 4 is 5.91 Å². The van der Waals surface area contributed by atoms with E-state index in [2.05, 4.69) is 30.2 Å². The summed E-state index contributed by atoms with van der Waals surface area (Å²) in [4.78, 5) is 25.2. The highest BCUT2D eigenvalue weighted by atomic mass is 16.5. The van der Waals surface area contributed by atoms with Crippen molar-refractivity contribution in [3.63, 3.8) is 0 Å². The summed E-state index contributed by atoms with van der Waals surface area (Å²) < 4.78 is 5.32. The van der Waals surface area contributed by atoms with Gasteiger partial charge in [-0.3, -0.25) is 14.8 Å². The Morgan fingerprint density at radius 2 is 2.11 bits per heavy atom. The van der Waals surface area contributed by atoms with Crippen LogP contribution in [-0.4, -0.2) is 67.2 Å². The molecular weight excluding hydrogens is 358 g/mol. The quantitative estimate of drug-likeness (QED) is 0.689. The molecule has 1 aliphatic rings. The summed E-state index contributed by atoms with van der Waals surface area (Å²) in [6, 6.07) is 7.95. The highest BCUT2D eigenvalue weighted by Crippen LogP contribution is 2.17. The lowest BCUT2D eigenvalue weighted by Crippen LogP contribution is -2.48. The van der Waals surface area contributed by atoms with Gasteiger partial charge < -0.3 is 9.42 Å². The summed E-state index contributed by atoms with van der Waals surface area (Å²) in [6.07, 6.45) is 2.34. The van der Waals surface area contributed by atoms with Crippen LogP contribution in [0.25, 0.3) is 11.4 Å². The second kappa shape index (κ2) is 8.30. The highest BCUT2D eigenvalue weighted by molar-refractivity contribution is 5.76. The Morgan fingerprint density at radius 1 is 1.25 bits per heavy atom. The van der Waals surface area contributed by atoms with E-state index in [0.717, 1.165) is 36.6 Å². The zero-order valence-corrected chi connectivity index (χ0v) is 15.8. The van der Waals surface area contributed by atoms with Gasteiger partial charge in [0.05, 0.1) is 6.54 Å². The van der Waals surface area contributed by atoms with Crippen LogP contribution in [0.15, 0.2) is 35.1 Å². The fourth-order valence-corrected chi connectivity index (χ4v) is 3.30. The molecule has 9 nitrogen and oxygen atoms in total. The Hall–Kier alpha value is -3.07. The molecule has 0 unspecified atom stereocenters. The number of carbonyl (C=O) groups is 1. The molecule has 1 N–H and O–H groups in total. The van der Waals surface area contributed by atoms with E-state index in [1.165, 1.54) is 6.33 Å². The third kappa shape index (κ3) is 4.42. The lowest BCUT2D eigenvalue weighted by molar-refractivity contribution is -0.133. The summed E-state index contributed by atoms with van der Waals surface area (Å²) in [5.41, 5.74) is 2.06. The molecule has 3 heterocycles. The van der Waals surface area contributed by atoms with Crippen molar-refractivity contribution < 1.29 is 9.32 Å². The molecule has 0 atom stereocenters. The van der Waals surface area contributed by atoms with E-state index < -0.39 is 0 Å². The van der Waals surface area contributed by atoms with E-state index in [1.54, 1.807) is 0 Å². The molecule has 0 bridgehead atoms. The third-order valence-electron chi connectivity index (χ3n) is 4.86. The van der Waals surface area contributed by atoms with E-state index in [4.69, 9.17) is 4.52 Å². The number of benzene rings is 1. The number of aromatic nitrogens is 5. The molecule has 1 fully saturated rings. The maximum Gasteiger partial charge on any atom is 0.227 e. The van der Waals surface area contributed by atoms with Gasteiger partial charge >= 0.3 is 0 Å². The molecule has 146 valence electrons. The fraction of sp³-hybridized carbons (Fsp3) is 0.421. The Labute approximate surface area is 162 Å². The van der Waals surface area contributed by atoms with Gasteiger partial charge in [0.15, 0.2) is 0 Å². The first-order valence-electron chi connectivity index (χ1n) is 9.41. The number of hydrogen-bond acceptors (Lipinski definition) is 7. The molecule has 3 aromatic rings. The van der Waals surface area contributed by atoms with Gasteiger partial charge in [-0.25, -0.2) is 4.98 Å². The van der Waals surface area contributed by atoms with Gasteiger partial charge in [0.25, 0.3) is 0 Å². The summed E-state index contributed by atoms with van der Waals surface area (Å²) in [6.45, 7) is 5.83. The van der Waals surface area contributed by atoms with Crippen molar-refractivity contribution in [3.05, 3.63) is 47.9 Å². The number of amides is 1. The first kappa shape index (κ1) is 18.3. The molecule has 28 heavy (non-hydrogen) atoms. The van der Waals surface area contributed by atoms with Crippen LogP contribution in [0.4, 0.5) is 0 Å². The van der Waals surface area contributed by atoms with Gasteiger partial charge in [-0.2, -0.15) is 10.1 Å². The molecule has 0 spiro atoms. The Kier molecular flexibility index (Phi) is 5.43. The minimum absolute atomic E-state index is 0.120. The van der Waals surface area contributed by atoms with Gasteiger partial charge in [-0.05, 0) is 13.0 Å². The molecule has 0 radical (unpaired) electrons. The molecule has 1 saturated heterocycles. The Balaban J connectivity index is 1.25. The predicted molar refractivity (Wildman–Crippen MR) is 101 cm³/mol. The van der Waals surface area contributed by atoms with E-state index in [-0.39, 0.29) is 5.91 Å². The smallest absolute Gasteiger partial charge is 0.227 e. The minimum atomic E-state index is 0.120. The lowest BCUT2D eigenvalue weighted by Gasteiger charge is -2.34. The number of aromatic amines is 1. The Bertz CT molecular complexity index is 914. The van der Waals surface area contributed by atoms with E-state index in [1.807, 2.05) is 36.1 Å². The van der Waals surface area contributed by atoms with Crippen LogP contribution in [0, 0.1) is 6.92 Å². The maximum absolute atomic E-state index is 12.5. The van der Waals surface area contributed by atoms with Crippen LogP contribution in [0.2, 0.25) is 0 Å². The van der Waals surface area contributed by atoms with Crippen molar-refractivity contribution in [2.45, 2.75) is 26.3 Å². The van der Waals surface area contributed by atoms with Crippen LogP contribution in [-0.2, 0) is 17.8 Å². The van der Waals surface area contributed by atoms with Gasteiger partial charge in [0.2, 0.25) is 17.6 Å². The monoisotopic (exact) mass is 381 g/mol. The number of piperazine rings is 1. The number of hydrogen-bond donors (Lipinski definition) is 1. The number of nitrogens with zero attached hydrogens (tertiary/aromatic N) is 6. The molecule has 4 rings (SSSR count). The summed E-state index contributed by atoms with van der Waals surface area (Å²) >= 11 is 0. The molecular formula is C19H23N7O2. The maximum atomic E-state index is 12.5. The van der Waals surface area contributed by atoms with Gasteiger partial charge in [-0.15, -0.1) is 0 Å². The average molecular weight is 381 g/mol. The molecule has 9 heteroatoms. The van der Waals surface area contributed by atoms with E-state index in [9.17, 15) is 4.79 Å². The second-order valence-electron chi connectivity index (χ2n) is 6.97.